The molecule has 0 bridgehead atoms. The van der Waals surface area contributed by atoms with Crippen LogP contribution in [0.3, 0.4) is 0 Å². The fourth-order valence-electron chi connectivity index (χ4n) is 5.92. The van der Waals surface area contributed by atoms with E-state index in [2.05, 4.69) is 15.2 Å². The Balaban J connectivity index is 1.26. The molecular weight excluding hydrogens is 675 g/mol. The summed E-state index contributed by atoms with van der Waals surface area (Å²) in [6.07, 6.45) is -7.11. The van der Waals surface area contributed by atoms with E-state index in [4.69, 9.17) is 4.52 Å². The predicted molar refractivity (Wildman–Crippen MR) is 164 cm³/mol. The highest BCUT2D eigenvalue weighted by atomic mass is 19.4. The van der Waals surface area contributed by atoms with Gasteiger partial charge in [0.1, 0.15) is 17.3 Å². The minimum Gasteiger partial charge on any atom is -0.354 e. The second kappa shape index (κ2) is 11.9. The number of halogens is 7. The van der Waals surface area contributed by atoms with Crippen molar-refractivity contribution in [2.45, 2.75) is 32.2 Å². The number of aromatic nitrogens is 5. The van der Waals surface area contributed by atoms with E-state index in [-0.39, 0.29) is 35.3 Å². The van der Waals surface area contributed by atoms with E-state index < -0.39 is 52.8 Å². The molecule has 0 atom stereocenters. The predicted octanol–water partition coefficient (Wildman–Crippen LogP) is 7.10. The third-order valence-corrected chi connectivity index (χ3v) is 8.30. The van der Waals surface area contributed by atoms with E-state index in [1.54, 1.807) is 23.6 Å². The Bertz CT molecular complexity index is 2300. The van der Waals surface area contributed by atoms with Crippen molar-refractivity contribution in [1.29, 1.82) is 0 Å². The van der Waals surface area contributed by atoms with Crippen molar-refractivity contribution in [2.75, 3.05) is 16.8 Å². The van der Waals surface area contributed by atoms with Crippen molar-refractivity contribution in [3.05, 3.63) is 107 Å². The number of hydrogen-bond donors (Lipinski definition) is 1. The zero-order chi connectivity index (χ0) is 35.5. The van der Waals surface area contributed by atoms with Gasteiger partial charge in [-0.25, -0.2) is 14.1 Å². The zero-order valence-electron chi connectivity index (χ0n) is 25.6. The Labute approximate surface area is 276 Å². The van der Waals surface area contributed by atoms with Gasteiger partial charge < -0.3 is 14.0 Å². The molecule has 7 rings (SSSR count). The molecule has 0 unspecified atom stereocenters. The summed E-state index contributed by atoms with van der Waals surface area (Å²) in [6.45, 7) is 2.01. The summed E-state index contributed by atoms with van der Waals surface area (Å²) >= 11 is 0. The van der Waals surface area contributed by atoms with E-state index in [0.29, 0.717) is 16.8 Å². The van der Waals surface area contributed by atoms with E-state index in [0.717, 1.165) is 27.9 Å². The fraction of sp³-hybridized carbons (Fsp3) is 0.182. The van der Waals surface area contributed by atoms with Crippen LogP contribution in [0, 0.1) is 12.7 Å². The molecule has 256 valence electrons. The largest absolute Gasteiger partial charge is 0.471 e. The Kier molecular flexibility index (Phi) is 7.71. The van der Waals surface area contributed by atoms with Gasteiger partial charge >= 0.3 is 18.3 Å². The van der Waals surface area contributed by atoms with Gasteiger partial charge in [0.05, 0.1) is 16.8 Å². The van der Waals surface area contributed by atoms with Gasteiger partial charge in [-0.1, -0.05) is 35.5 Å². The molecule has 1 N–H and O–H groups in total. The molecule has 0 fully saturated rings. The van der Waals surface area contributed by atoms with Crippen molar-refractivity contribution in [1.82, 2.24) is 24.5 Å². The van der Waals surface area contributed by atoms with Crippen molar-refractivity contribution in [3.63, 3.8) is 0 Å². The first-order valence-electron chi connectivity index (χ1n) is 14.8. The Hall–Kier alpha value is -6.00. The van der Waals surface area contributed by atoms with Crippen LogP contribution >= 0.6 is 0 Å². The lowest BCUT2D eigenvalue weighted by atomic mass is 9.98. The average Bonchev–Trinajstić information content (AvgIpc) is 3.78. The van der Waals surface area contributed by atoms with Gasteiger partial charge in [0.25, 0.3) is 5.91 Å². The fourth-order valence-corrected chi connectivity index (χ4v) is 5.92. The number of hydrogen-bond acceptors (Lipinski definition) is 6. The Morgan fingerprint density at radius 3 is 2.50 bits per heavy atom. The van der Waals surface area contributed by atoms with Crippen molar-refractivity contribution >= 4 is 34.3 Å². The number of nitrogens with zero attached hydrogens (tertiary/aromatic N) is 6. The molecule has 0 saturated heterocycles. The lowest BCUT2D eigenvalue weighted by molar-refractivity contribution is -0.167. The first kappa shape index (κ1) is 32.5. The smallest absolute Gasteiger partial charge is 0.354 e. The highest BCUT2D eigenvalue weighted by Crippen LogP contribution is 2.39. The molecule has 0 spiro atoms. The van der Waals surface area contributed by atoms with Crippen molar-refractivity contribution in [2.24, 2.45) is 0 Å². The molecule has 4 heterocycles. The highest BCUT2D eigenvalue weighted by Gasteiger charge is 2.44. The SMILES string of the molecule is Cc1nccn1Cc1ccccc1-c1ccc(N2CCc3c(C(F)(F)F)nn(-c4ccc5onc(NC(=O)C(F)(F)F)c5c4)c3C2=O)c(F)c1. The molecule has 0 aliphatic carbocycles. The van der Waals surface area contributed by atoms with Gasteiger partial charge in [0.15, 0.2) is 17.1 Å². The number of anilines is 2. The monoisotopic (exact) mass is 697 g/mol. The molecular formula is C33H22F7N7O3. The van der Waals surface area contributed by atoms with Gasteiger partial charge in [0, 0.05) is 31.0 Å². The standard InChI is InChI=1S/C33H22F7N7O3/c1-17-41-11-13-45(17)16-19-4-2-3-5-21(19)18-6-8-25(24(34)14-18)46-12-10-22-27(30(46)48)47(43-28(22)32(35,36)37)20-7-9-26-23(15-20)29(44-50-26)42-31(49)33(38,39)40/h2-9,11,13-15H,10,12,16H2,1H3,(H,42,44,49). The molecule has 6 aromatic rings. The minimum atomic E-state index is -5.27. The maximum atomic E-state index is 15.9. The van der Waals surface area contributed by atoms with Crippen LogP contribution in [0.5, 0.6) is 0 Å². The summed E-state index contributed by atoms with van der Waals surface area (Å²) in [7, 11) is 0. The van der Waals surface area contributed by atoms with Gasteiger partial charge in [-0.05, 0) is 60.4 Å². The Morgan fingerprint density at radius 1 is 1.02 bits per heavy atom. The van der Waals surface area contributed by atoms with Crippen LogP contribution in [0.15, 0.2) is 77.6 Å². The van der Waals surface area contributed by atoms with Crippen LogP contribution in [-0.4, -0.2) is 49.0 Å². The van der Waals surface area contributed by atoms with E-state index in [1.165, 1.54) is 24.3 Å². The third-order valence-electron chi connectivity index (χ3n) is 8.30. The molecule has 3 aromatic heterocycles. The average molecular weight is 698 g/mol. The second-order valence-electron chi connectivity index (χ2n) is 11.4. The van der Waals surface area contributed by atoms with Crippen LogP contribution < -0.4 is 10.2 Å². The molecule has 2 amide bonds. The molecule has 50 heavy (non-hydrogen) atoms. The summed E-state index contributed by atoms with van der Waals surface area (Å²) in [5.41, 5.74) is -0.692. The Morgan fingerprint density at radius 2 is 1.80 bits per heavy atom. The highest BCUT2D eigenvalue weighted by molar-refractivity contribution is 6.08. The number of carbonyl (C=O) groups excluding carboxylic acids is 2. The summed E-state index contributed by atoms with van der Waals surface area (Å²) in [6, 6.07) is 15.0. The minimum absolute atomic E-state index is 0.111. The van der Waals surface area contributed by atoms with Gasteiger partial charge in [-0.2, -0.15) is 31.4 Å². The number of benzene rings is 3. The molecule has 17 heteroatoms. The maximum Gasteiger partial charge on any atom is 0.471 e. The van der Waals surface area contributed by atoms with Crippen LogP contribution in [0.25, 0.3) is 27.8 Å². The summed E-state index contributed by atoms with van der Waals surface area (Å²) in [4.78, 5) is 30.7. The number of aryl methyl sites for hydroxylation is 1. The van der Waals surface area contributed by atoms with Crippen LogP contribution in [0.2, 0.25) is 0 Å². The van der Waals surface area contributed by atoms with Gasteiger partial charge in [0.2, 0.25) is 0 Å². The second-order valence-corrected chi connectivity index (χ2v) is 11.4. The van der Waals surface area contributed by atoms with Crippen molar-refractivity contribution in [3.8, 4) is 16.8 Å². The summed E-state index contributed by atoms with van der Waals surface area (Å²) in [5.74, 6) is -4.02. The number of amides is 2. The molecule has 10 nitrogen and oxygen atoms in total. The van der Waals surface area contributed by atoms with Gasteiger partial charge in [-0.15, -0.1) is 0 Å². The summed E-state index contributed by atoms with van der Waals surface area (Å²) in [5, 5.41) is 8.44. The van der Waals surface area contributed by atoms with E-state index in [1.807, 2.05) is 35.9 Å². The first-order valence-corrected chi connectivity index (χ1v) is 14.8. The molecule has 0 saturated carbocycles. The maximum absolute atomic E-state index is 15.9. The number of rotatable bonds is 6. The summed E-state index contributed by atoms with van der Waals surface area (Å²) < 4.78 is 105. The van der Waals surface area contributed by atoms with E-state index >= 15 is 4.39 Å². The molecule has 3 aromatic carbocycles. The topological polar surface area (TPSA) is 111 Å². The molecule has 1 aliphatic rings. The lowest BCUT2D eigenvalue weighted by Gasteiger charge is -2.28. The van der Waals surface area contributed by atoms with Gasteiger partial charge in [-0.3, -0.25) is 14.9 Å². The lowest BCUT2D eigenvalue weighted by Crippen LogP contribution is -2.39. The quantitative estimate of drug-likeness (QED) is 0.186. The normalized spacial score (nSPS) is 13.6. The number of carbonyl (C=O) groups is 2. The third kappa shape index (κ3) is 5.73. The first-order chi connectivity index (χ1) is 23.7. The van der Waals surface area contributed by atoms with Crippen molar-refractivity contribution < 1.29 is 44.8 Å². The zero-order valence-corrected chi connectivity index (χ0v) is 25.6. The van der Waals surface area contributed by atoms with E-state index in [9.17, 15) is 35.9 Å². The van der Waals surface area contributed by atoms with Crippen LogP contribution in [-0.2, 0) is 23.9 Å². The number of fused-ring (bicyclic) bond motifs is 2. The van der Waals surface area contributed by atoms with Crippen LogP contribution in [0.4, 0.5) is 42.2 Å². The number of imidazole rings is 1. The molecule has 1 aliphatic heterocycles. The number of alkyl halides is 6. The molecule has 0 radical (unpaired) electrons. The van der Waals surface area contributed by atoms with Crippen LogP contribution in [0.1, 0.15) is 33.1 Å². The number of nitrogens with one attached hydrogen (secondary N) is 1.